The van der Waals surface area contributed by atoms with Gasteiger partial charge in [-0.05, 0) is 65.3 Å². The molecule has 1 spiro atoms. The first-order valence-corrected chi connectivity index (χ1v) is 6.96. The van der Waals surface area contributed by atoms with Gasteiger partial charge in [-0.15, -0.1) is 0 Å². The van der Waals surface area contributed by atoms with Gasteiger partial charge in [-0.1, -0.05) is 0 Å². The molecule has 0 aromatic heterocycles. The van der Waals surface area contributed by atoms with E-state index in [1.165, 1.54) is 64.8 Å². The van der Waals surface area contributed by atoms with Crippen molar-refractivity contribution >= 4 is 0 Å². The molecule has 3 fully saturated rings. The van der Waals surface area contributed by atoms with Crippen LogP contribution in [-0.2, 0) is 0 Å². The zero-order valence-electron chi connectivity index (χ0n) is 10.5. The second-order valence-electron chi connectivity index (χ2n) is 5.98. The molecule has 0 aliphatic carbocycles. The summed E-state index contributed by atoms with van der Waals surface area (Å²) in [5, 5.41) is 3.69. The Morgan fingerprint density at radius 1 is 1.12 bits per heavy atom. The summed E-state index contributed by atoms with van der Waals surface area (Å²) >= 11 is 0. The second kappa shape index (κ2) is 4.28. The van der Waals surface area contributed by atoms with E-state index in [2.05, 4.69) is 22.2 Å². The Bertz CT molecular complexity index is 246. The van der Waals surface area contributed by atoms with Gasteiger partial charge >= 0.3 is 0 Å². The summed E-state index contributed by atoms with van der Waals surface area (Å²) in [5.74, 6) is 0. The van der Waals surface area contributed by atoms with Gasteiger partial charge in [-0.25, -0.2) is 0 Å². The molecule has 3 aliphatic rings. The zero-order valence-corrected chi connectivity index (χ0v) is 10.5. The third kappa shape index (κ3) is 1.79. The molecular formula is C13H25N3. The Hall–Kier alpha value is -0.120. The Balaban J connectivity index is 1.80. The summed E-state index contributed by atoms with van der Waals surface area (Å²) in [6.07, 6.45) is 6.99. The average Bonchev–Trinajstić information content (AvgIpc) is 2.71. The standard InChI is InChI=1S/C13H25N3/c1-15-9-5-13(6-10-15)11-14-7-4-12-3-2-8-16(12)13/h12,14H,2-11H2,1H3. The predicted octanol–water partition coefficient (Wildman–Crippen LogP) is 0.909. The van der Waals surface area contributed by atoms with Gasteiger partial charge < -0.3 is 10.2 Å². The Morgan fingerprint density at radius 2 is 1.94 bits per heavy atom. The lowest BCUT2D eigenvalue weighted by Crippen LogP contribution is -2.59. The van der Waals surface area contributed by atoms with Crippen molar-refractivity contribution in [1.29, 1.82) is 0 Å². The molecule has 1 N–H and O–H groups in total. The molecule has 3 nitrogen and oxygen atoms in total. The maximum absolute atomic E-state index is 3.69. The molecule has 3 heteroatoms. The molecule has 92 valence electrons. The van der Waals surface area contributed by atoms with Crippen molar-refractivity contribution in [2.75, 3.05) is 39.8 Å². The minimum absolute atomic E-state index is 0.504. The van der Waals surface area contributed by atoms with Crippen LogP contribution >= 0.6 is 0 Å². The van der Waals surface area contributed by atoms with Crippen LogP contribution in [0.3, 0.4) is 0 Å². The van der Waals surface area contributed by atoms with E-state index in [1.54, 1.807) is 0 Å². The lowest BCUT2D eigenvalue weighted by atomic mass is 9.85. The van der Waals surface area contributed by atoms with Gasteiger partial charge in [-0.2, -0.15) is 0 Å². The summed E-state index contributed by atoms with van der Waals surface area (Å²) in [5.41, 5.74) is 0.504. The van der Waals surface area contributed by atoms with Gasteiger partial charge in [0, 0.05) is 18.1 Å². The van der Waals surface area contributed by atoms with Crippen molar-refractivity contribution in [3.63, 3.8) is 0 Å². The highest BCUT2D eigenvalue weighted by atomic mass is 15.3. The van der Waals surface area contributed by atoms with Crippen molar-refractivity contribution < 1.29 is 0 Å². The van der Waals surface area contributed by atoms with E-state index < -0.39 is 0 Å². The highest BCUT2D eigenvalue weighted by Gasteiger charge is 2.44. The lowest BCUT2D eigenvalue weighted by Gasteiger charge is -2.48. The summed E-state index contributed by atoms with van der Waals surface area (Å²) in [7, 11) is 2.26. The molecule has 1 unspecified atom stereocenters. The van der Waals surface area contributed by atoms with E-state index in [0.717, 1.165) is 6.04 Å². The highest BCUT2D eigenvalue weighted by molar-refractivity contribution is 5.02. The molecule has 3 rings (SSSR count). The number of nitrogens with zero attached hydrogens (tertiary/aromatic N) is 2. The van der Waals surface area contributed by atoms with Crippen LogP contribution in [0.1, 0.15) is 32.1 Å². The fraction of sp³-hybridized carbons (Fsp3) is 1.00. The molecule has 0 aromatic carbocycles. The van der Waals surface area contributed by atoms with Crippen molar-refractivity contribution in [3.8, 4) is 0 Å². The van der Waals surface area contributed by atoms with Crippen LogP contribution in [0.2, 0.25) is 0 Å². The molecule has 3 aliphatic heterocycles. The first-order chi connectivity index (χ1) is 7.80. The molecule has 0 saturated carbocycles. The minimum Gasteiger partial charge on any atom is -0.315 e. The van der Waals surface area contributed by atoms with Crippen LogP contribution < -0.4 is 5.32 Å². The van der Waals surface area contributed by atoms with Crippen molar-refractivity contribution in [3.05, 3.63) is 0 Å². The molecule has 3 saturated heterocycles. The summed E-state index contributed by atoms with van der Waals surface area (Å²) in [6, 6.07) is 0.887. The summed E-state index contributed by atoms with van der Waals surface area (Å²) in [4.78, 5) is 5.36. The van der Waals surface area contributed by atoms with Crippen LogP contribution in [0.25, 0.3) is 0 Å². The Kier molecular flexibility index (Phi) is 2.94. The molecule has 0 bridgehead atoms. The SMILES string of the molecule is CN1CCC2(CC1)CNCCC1CCCN12. The lowest BCUT2D eigenvalue weighted by molar-refractivity contribution is 0.0281. The summed E-state index contributed by atoms with van der Waals surface area (Å²) in [6.45, 7) is 6.39. The number of rotatable bonds is 0. The average molecular weight is 223 g/mol. The maximum Gasteiger partial charge on any atom is 0.0361 e. The maximum atomic E-state index is 3.69. The van der Waals surface area contributed by atoms with E-state index in [9.17, 15) is 0 Å². The number of piperidine rings is 1. The van der Waals surface area contributed by atoms with Crippen LogP contribution in [0.5, 0.6) is 0 Å². The highest BCUT2D eigenvalue weighted by Crippen LogP contribution is 2.36. The first kappa shape index (κ1) is 11.0. The van der Waals surface area contributed by atoms with Gasteiger partial charge in [0.15, 0.2) is 0 Å². The van der Waals surface area contributed by atoms with Crippen molar-refractivity contribution in [2.24, 2.45) is 0 Å². The van der Waals surface area contributed by atoms with Gasteiger partial charge in [0.2, 0.25) is 0 Å². The fourth-order valence-electron chi connectivity index (χ4n) is 3.95. The number of likely N-dealkylation sites (tertiary alicyclic amines) is 1. The van der Waals surface area contributed by atoms with Crippen LogP contribution in [0.4, 0.5) is 0 Å². The summed E-state index contributed by atoms with van der Waals surface area (Å²) < 4.78 is 0. The van der Waals surface area contributed by atoms with Gasteiger partial charge in [0.05, 0.1) is 0 Å². The molecule has 0 amide bonds. The number of hydrogen-bond acceptors (Lipinski definition) is 3. The smallest absolute Gasteiger partial charge is 0.0361 e. The minimum atomic E-state index is 0.504. The predicted molar refractivity (Wildman–Crippen MR) is 66.7 cm³/mol. The van der Waals surface area contributed by atoms with Crippen molar-refractivity contribution in [2.45, 2.75) is 43.7 Å². The molecular weight excluding hydrogens is 198 g/mol. The number of nitrogens with one attached hydrogen (secondary N) is 1. The Labute approximate surface area is 99.2 Å². The molecule has 0 radical (unpaired) electrons. The Morgan fingerprint density at radius 3 is 2.75 bits per heavy atom. The van der Waals surface area contributed by atoms with Gasteiger partial charge in [0.25, 0.3) is 0 Å². The largest absolute Gasteiger partial charge is 0.315 e. The monoisotopic (exact) mass is 223 g/mol. The molecule has 1 atom stereocenters. The second-order valence-corrected chi connectivity index (χ2v) is 5.98. The third-order valence-corrected chi connectivity index (χ3v) is 5.01. The van der Waals surface area contributed by atoms with Crippen LogP contribution in [0, 0.1) is 0 Å². The van der Waals surface area contributed by atoms with Gasteiger partial charge in [0.1, 0.15) is 0 Å². The van der Waals surface area contributed by atoms with Gasteiger partial charge in [-0.3, -0.25) is 4.90 Å². The fourth-order valence-corrected chi connectivity index (χ4v) is 3.95. The van der Waals surface area contributed by atoms with E-state index in [0.29, 0.717) is 5.54 Å². The van der Waals surface area contributed by atoms with E-state index in [1.807, 2.05) is 0 Å². The zero-order chi connectivity index (χ0) is 11.0. The molecule has 16 heavy (non-hydrogen) atoms. The van der Waals surface area contributed by atoms with Crippen molar-refractivity contribution in [1.82, 2.24) is 15.1 Å². The quantitative estimate of drug-likeness (QED) is 0.658. The number of fused-ring (bicyclic) bond motifs is 2. The first-order valence-electron chi connectivity index (χ1n) is 6.96. The normalized spacial score (nSPS) is 36.2. The number of hydrogen-bond donors (Lipinski definition) is 1. The third-order valence-electron chi connectivity index (χ3n) is 5.01. The van der Waals surface area contributed by atoms with E-state index in [-0.39, 0.29) is 0 Å². The van der Waals surface area contributed by atoms with Crippen LogP contribution in [0.15, 0.2) is 0 Å². The van der Waals surface area contributed by atoms with E-state index >= 15 is 0 Å². The van der Waals surface area contributed by atoms with Crippen LogP contribution in [-0.4, -0.2) is 61.2 Å². The molecule has 0 aromatic rings. The molecule has 3 heterocycles. The van der Waals surface area contributed by atoms with E-state index in [4.69, 9.17) is 0 Å². The topological polar surface area (TPSA) is 18.5 Å².